The number of aliphatic imine (C=N–C) groups is 1. The van der Waals surface area contributed by atoms with E-state index in [9.17, 15) is 9.18 Å². The molecule has 0 aliphatic carbocycles. The molecule has 5 nitrogen and oxygen atoms in total. The summed E-state index contributed by atoms with van der Waals surface area (Å²) in [7, 11) is 0. The molecule has 3 rings (SSSR count). The molecule has 1 amide bonds. The van der Waals surface area contributed by atoms with Gasteiger partial charge in [-0.25, -0.2) is 14.4 Å². The lowest BCUT2D eigenvalue weighted by Crippen LogP contribution is -2.14. The monoisotopic (exact) mass is 362 g/mol. The highest BCUT2D eigenvalue weighted by Gasteiger charge is 2.05. The molecule has 0 aliphatic heterocycles. The van der Waals surface area contributed by atoms with Crippen LogP contribution in [0.5, 0.6) is 0 Å². The first-order valence-corrected chi connectivity index (χ1v) is 8.41. The van der Waals surface area contributed by atoms with Gasteiger partial charge < -0.3 is 11.1 Å². The number of pyridine rings is 1. The molecule has 2 aromatic carbocycles. The van der Waals surface area contributed by atoms with Gasteiger partial charge in [0, 0.05) is 17.4 Å². The molecule has 0 unspecified atom stereocenters. The fraction of sp³-hybridized carbons (Fsp3) is 0.0952. The molecule has 0 saturated heterocycles. The van der Waals surface area contributed by atoms with E-state index in [1.54, 1.807) is 31.3 Å². The predicted molar refractivity (Wildman–Crippen MR) is 105 cm³/mol. The van der Waals surface area contributed by atoms with Crippen LogP contribution in [0.4, 0.5) is 15.9 Å². The number of anilines is 1. The fourth-order valence-electron chi connectivity index (χ4n) is 2.54. The maximum Gasteiger partial charge on any atom is 0.228 e. The van der Waals surface area contributed by atoms with Crippen LogP contribution < -0.4 is 11.1 Å². The van der Waals surface area contributed by atoms with Crippen molar-refractivity contribution >= 4 is 23.2 Å². The lowest BCUT2D eigenvalue weighted by atomic mass is 10.1. The van der Waals surface area contributed by atoms with Crippen LogP contribution in [0.3, 0.4) is 0 Å². The summed E-state index contributed by atoms with van der Waals surface area (Å²) in [6, 6.07) is 17.1. The van der Waals surface area contributed by atoms with Crippen molar-refractivity contribution in [3.8, 4) is 11.1 Å². The number of aromatic nitrogens is 1. The van der Waals surface area contributed by atoms with Gasteiger partial charge in [-0.3, -0.25) is 4.79 Å². The van der Waals surface area contributed by atoms with Crippen molar-refractivity contribution in [3.05, 3.63) is 78.2 Å². The molecular formula is C21H19FN4O. The molecule has 1 aromatic heterocycles. The number of carbonyl (C=O) groups is 1. The molecule has 3 N–H and O–H groups in total. The van der Waals surface area contributed by atoms with E-state index in [-0.39, 0.29) is 18.1 Å². The van der Waals surface area contributed by atoms with Crippen LogP contribution in [0.15, 0.2) is 71.9 Å². The SMILES string of the molecule is CC(N)=Nc1ccc(-c2ccc(NC(=O)Cc3ccc(F)cc3)cc2)cn1. The number of rotatable bonds is 5. The Hall–Kier alpha value is -3.54. The summed E-state index contributed by atoms with van der Waals surface area (Å²) in [5.41, 5.74) is 8.90. The summed E-state index contributed by atoms with van der Waals surface area (Å²) in [4.78, 5) is 20.5. The predicted octanol–water partition coefficient (Wildman–Crippen LogP) is 4.08. The zero-order chi connectivity index (χ0) is 19.2. The van der Waals surface area contributed by atoms with Gasteiger partial charge in [0.2, 0.25) is 5.91 Å². The Morgan fingerprint density at radius 2 is 1.70 bits per heavy atom. The molecule has 136 valence electrons. The number of amides is 1. The number of nitrogens with one attached hydrogen (secondary N) is 1. The molecule has 1 heterocycles. The fourth-order valence-corrected chi connectivity index (χ4v) is 2.54. The Kier molecular flexibility index (Phi) is 5.56. The number of hydrogen-bond acceptors (Lipinski definition) is 3. The second-order valence-corrected chi connectivity index (χ2v) is 6.09. The maximum atomic E-state index is 12.9. The summed E-state index contributed by atoms with van der Waals surface area (Å²) >= 11 is 0. The third-order valence-corrected chi connectivity index (χ3v) is 3.82. The summed E-state index contributed by atoms with van der Waals surface area (Å²) in [6.45, 7) is 1.71. The second kappa shape index (κ2) is 8.23. The van der Waals surface area contributed by atoms with E-state index in [1.807, 2.05) is 30.3 Å². The molecule has 0 bridgehead atoms. The van der Waals surface area contributed by atoms with E-state index in [0.717, 1.165) is 16.7 Å². The minimum atomic E-state index is -0.317. The van der Waals surface area contributed by atoms with Crippen molar-refractivity contribution < 1.29 is 9.18 Å². The second-order valence-electron chi connectivity index (χ2n) is 6.09. The number of hydrogen-bond donors (Lipinski definition) is 2. The van der Waals surface area contributed by atoms with Crippen LogP contribution in [0.25, 0.3) is 11.1 Å². The van der Waals surface area contributed by atoms with Crippen molar-refractivity contribution in [1.82, 2.24) is 4.98 Å². The van der Waals surface area contributed by atoms with Gasteiger partial charge in [0.25, 0.3) is 0 Å². The molecule has 3 aromatic rings. The van der Waals surface area contributed by atoms with E-state index in [1.165, 1.54) is 12.1 Å². The van der Waals surface area contributed by atoms with E-state index in [4.69, 9.17) is 5.73 Å². The molecule has 0 aliphatic rings. The van der Waals surface area contributed by atoms with Crippen molar-refractivity contribution in [2.45, 2.75) is 13.3 Å². The lowest BCUT2D eigenvalue weighted by Gasteiger charge is -2.07. The minimum absolute atomic E-state index is 0.157. The highest BCUT2D eigenvalue weighted by Crippen LogP contribution is 2.22. The van der Waals surface area contributed by atoms with Crippen LogP contribution >= 0.6 is 0 Å². The van der Waals surface area contributed by atoms with Crippen LogP contribution in [0, 0.1) is 5.82 Å². The molecule has 0 saturated carbocycles. The zero-order valence-electron chi connectivity index (χ0n) is 14.8. The first-order valence-electron chi connectivity index (χ1n) is 8.41. The third kappa shape index (κ3) is 5.22. The van der Waals surface area contributed by atoms with Crippen molar-refractivity contribution in [2.24, 2.45) is 10.7 Å². The summed E-state index contributed by atoms with van der Waals surface area (Å²) in [6.07, 6.45) is 1.92. The number of halogens is 1. The van der Waals surface area contributed by atoms with Crippen LogP contribution in [-0.4, -0.2) is 16.7 Å². The highest BCUT2D eigenvalue weighted by molar-refractivity contribution is 5.92. The quantitative estimate of drug-likeness (QED) is 0.530. The molecule has 0 fully saturated rings. The molecule has 0 spiro atoms. The molecule has 6 heteroatoms. The van der Waals surface area contributed by atoms with Crippen LogP contribution in [-0.2, 0) is 11.2 Å². The summed E-state index contributed by atoms with van der Waals surface area (Å²) < 4.78 is 12.9. The summed E-state index contributed by atoms with van der Waals surface area (Å²) in [5, 5.41) is 2.83. The Morgan fingerprint density at radius 1 is 1.04 bits per heavy atom. The third-order valence-electron chi connectivity index (χ3n) is 3.82. The van der Waals surface area contributed by atoms with E-state index >= 15 is 0 Å². The number of carbonyl (C=O) groups excluding carboxylic acids is 1. The minimum Gasteiger partial charge on any atom is -0.387 e. The first kappa shape index (κ1) is 18.3. The normalized spacial score (nSPS) is 11.3. The Morgan fingerprint density at radius 3 is 2.30 bits per heavy atom. The highest BCUT2D eigenvalue weighted by atomic mass is 19.1. The Labute approximate surface area is 156 Å². The van der Waals surface area contributed by atoms with Gasteiger partial charge in [0.05, 0.1) is 12.3 Å². The van der Waals surface area contributed by atoms with Gasteiger partial charge in [-0.05, 0) is 54.4 Å². The average molecular weight is 362 g/mol. The van der Waals surface area contributed by atoms with Gasteiger partial charge in [0.1, 0.15) is 5.82 Å². The number of nitrogens with two attached hydrogens (primary N) is 1. The largest absolute Gasteiger partial charge is 0.387 e. The number of nitrogens with zero attached hydrogens (tertiary/aromatic N) is 2. The standard InChI is InChI=1S/C21H19FN4O/c1-14(23)25-20-11-6-17(13-24-20)16-4-9-19(10-5-16)26-21(27)12-15-2-7-18(22)8-3-15/h2-11,13H,12H2,1H3,(H,26,27)(H2,23,24,25). The van der Waals surface area contributed by atoms with Gasteiger partial charge >= 0.3 is 0 Å². The van der Waals surface area contributed by atoms with Crippen LogP contribution in [0.2, 0.25) is 0 Å². The van der Waals surface area contributed by atoms with Gasteiger partial charge in [-0.15, -0.1) is 0 Å². The lowest BCUT2D eigenvalue weighted by molar-refractivity contribution is -0.115. The van der Waals surface area contributed by atoms with Gasteiger partial charge in [-0.2, -0.15) is 0 Å². The van der Waals surface area contributed by atoms with E-state index in [0.29, 0.717) is 17.3 Å². The van der Waals surface area contributed by atoms with Gasteiger partial charge in [-0.1, -0.05) is 24.3 Å². The van der Waals surface area contributed by atoms with Crippen molar-refractivity contribution in [2.75, 3.05) is 5.32 Å². The number of benzene rings is 2. The van der Waals surface area contributed by atoms with Crippen LogP contribution in [0.1, 0.15) is 12.5 Å². The maximum absolute atomic E-state index is 12.9. The van der Waals surface area contributed by atoms with Crippen molar-refractivity contribution in [3.63, 3.8) is 0 Å². The van der Waals surface area contributed by atoms with Crippen molar-refractivity contribution in [1.29, 1.82) is 0 Å². The summed E-state index contributed by atoms with van der Waals surface area (Å²) in [5.74, 6) is 0.539. The number of amidine groups is 1. The molecule has 0 radical (unpaired) electrons. The Bertz CT molecular complexity index is 945. The van der Waals surface area contributed by atoms with E-state index in [2.05, 4.69) is 15.3 Å². The molecule has 27 heavy (non-hydrogen) atoms. The van der Waals surface area contributed by atoms with Gasteiger partial charge in [0.15, 0.2) is 5.82 Å². The zero-order valence-corrected chi connectivity index (χ0v) is 14.8. The average Bonchev–Trinajstić information content (AvgIpc) is 2.64. The Balaban J connectivity index is 1.63. The first-order chi connectivity index (χ1) is 13.0. The molecule has 0 atom stereocenters. The van der Waals surface area contributed by atoms with E-state index < -0.39 is 0 Å². The smallest absolute Gasteiger partial charge is 0.228 e. The topological polar surface area (TPSA) is 80.4 Å². The molecular weight excluding hydrogens is 343 g/mol.